The first-order chi connectivity index (χ1) is 15.7. The maximum absolute atomic E-state index is 13.4. The summed E-state index contributed by atoms with van der Waals surface area (Å²) in [5.74, 6) is -0.111. The molecule has 1 aliphatic heterocycles. The van der Waals surface area contributed by atoms with Gasteiger partial charge in [0.2, 0.25) is 5.13 Å². The van der Waals surface area contributed by atoms with E-state index < -0.39 is 5.92 Å². The number of nitrogens with two attached hydrogens (primary N) is 1. The van der Waals surface area contributed by atoms with Gasteiger partial charge in [-0.1, -0.05) is 93.3 Å². The molecule has 1 aromatic heterocycles. The summed E-state index contributed by atoms with van der Waals surface area (Å²) >= 11 is 3.06. The standard InChI is InChI=1S/C25H27N5OS2/c1-15(2)32-24-29-28-23(33-24)30-19-12-25(3,4)13-20(31)21(19)17(18(14-26)22(30)27)11-10-16-8-6-5-7-9-16/h5-11,15,17H,12-13,27H2,1-4H3/b11-10+. The summed E-state index contributed by atoms with van der Waals surface area (Å²) in [6.07, 6.45) is 4.96. The summed E-state index contributed by atoms with van der Waals surface area (Å²) < 4.78 is 0.834. The van der Waals surface area contributed by atoms with Gasteiger partial charge in [-0.05, 0) is 17.4 Å². The van der Waals surface area contributed by atoms with Crippen LogP contribution in [0.3, 0.4) is 0 Å². The number of thioether (sulfide) groups is 1. The number of carbonyl (C=O) groups excluding carboxylic acids is 1. The molecule has 0 bridgehead atoms. The summed E-state index contributed by atoms with van der Waals surface area (Å²) in [5.41, 5.74) is 9.23. The van der Waals surface area contributed by atoms with Crippen molar-refractivity contribution in [3.05, 3.63) is 64.6 Å². The maximum Gasteiger partial charge on any atom is 0.219 e. The lowest BCUT2D eigenvalue weighted by Gasteiger charge is -2.41. The second-order valence-corrected chi connectivity index (χ2v) is 12.1. The summed E-state index contributed by atoms with van der Waals surface area (Å²) in [7, 11) is 0. The van der Waals surface area contributed by atoms with Crippen LogP contribution in [0.4, 0.5) is 5.13 Å². The molecule has 2 N–H and O–H groups in total. The van der Waals surface area contributed by atoms with Crippen molar-refractivity contribution in [3.8, 4) is 6.07 Å². The molecule has 8 heteroatoms. The molecule has 0 fully saturated rings. The Morgan fingerprint density at radius 1 is 1.27 bits per heavy atom. The van der Waals surface area contributed by atoms with Gasteiger partial charge in [-0.3, -0.25) is 9.69 Å². The fourth-order valence-corrected chi connectivity index (χ4v) is 6.38. The van der Waals surface area contributed by atoms with E-state index in [0.717, 1.165) is 15.6 Å². The number of allylic oxidation sites excluding steroid dienone is 4. The van der Waals surface area contributed by atoms with Crippen LogP contribution in [0.1, 0.15) is 46.1 Å². The summed E-state index contributed by atoms with van der Waals surface area (Å²) in [6, 6.07) is 12.1. The van der Waals surface area contributed by atoms with Crippen molar-refractivity contribution in [1.29, 1.82) is 5.26 Å². The van der Waals surface area contributed by atoms with Crippen LogP contribution in [0.5, 0.6) is 0 Å². The van der Waals surface area contributed by atoms with Crippen LogP contribution in [0, 0.1) is 22.7 Å². The number of hydrogen-bond acceptors (Lipinski definition) is 8. The Balaban J connectivity index is 1.85. The zero-order chi connectivity index (χ0) is 23.8. The van der Waals surface area contributed by atoms with E-state index >= 15 is 0 Å². The van der Waals surface area contributed by atoms with Gasteiger partial charge < -0.3 is 5.73 Å². The molecular formula is C25H27N5OS2. The highest BCUT2D eigenvalue weighted by molar-refractivity contribution is 8.01. The molecule has 1 aromatic carbocycles. The molecule has 4 rings (SSSR count). The van der Waals surface area contributed by atoms with Crippen LogP contribution in [-0.2, 0) is 4.79 Å². The Morgan fingerprint density at radius 3 is 2.67 bits per heavy atom. The zero-order valence-corrected chi connectivity index (χ0v) is 20.8. The second kappa shape index (κ2) is 9.16. The molecule has 0 amide bonds. The predicted molar refractivity (Wildman–Crippen MR) is 134 cm³/mol. The number of anilines is 1. The number of nitriles is 1. The Hall–Kier alpha value is -2.89. The fourth-order valence-electron chi connectivity index (χ4n) is 4.28. The van der Waals surface area contributed by atoms with Crippen molar-refractivity contribution in [2.45, 2.75) is 50.1 Å². The van der Waals surface area contributed by atoms with Crippen LogP contribution >= 0.6 is 23.1 Å². The third-order valence-corrected chi connectivity index (χ3v) is 7.63. The summed E-state index contributed by atoms with van der Waals surface area (Å²) in [5, 5.41) is 19.7. The molecule has 170 valence electrons. The van der Waals surface area contributed by atoms with E-state index in [1.807, 2.05) is 42.5 Å². The molecule has 33 heavy (non-hydrogen) atoms. The number of benzene rings is 1. The SMILES string of the molecule is CC(C)Sc1nnc(N2C(N)=C(C#N)C(/C=C/c3ccccc3)C3=C2CC(C)(C)CC3=O)s1. The second-order valence-electron chi connectivity index (χ2n) is 9.31. The molecule has 1 aliphatic carbocycles. The highest BCUT2D eigenvalue weighted by Gasteiger charge is 2.44. The van der Waals surface area contributed by atoms with Gasteiger partial charge in [0.1, 0.15) is 5.82 Å². The van der Waals surface area contributed by atoms with Crippen molar-refractivity contribution < 1.29 is 4.79 Å². The van der Waals surface area contributed by atoms with E-state index in [9.17, 15) is 10.1 Å². The molecule has 6 nitrogen and oxygen atoms in total. The monoisotopic (exact) mass is 477 g/mol. The van der Waals surface area contributed by atoms with Crippen molar-refractivity contribution in [2.24, 2.45) is 17.1 Å². The summed E-state index contributed by atoms with van der Waals surface area (Å²) in [4.78, 5) is 15.2. The number of hydrogen-bond donors (Lipinski definition) is 1. The number of Topliss-reactive ketones (excluding diaryl/α,β-unsaturated/α-hetero) is 1. The van der Waals surface area contributed by atoms with E-state index in [4.69, 9.17) is 5.73 Å². The smallest absolute Gasteiger partial charge is 0.219 e. The van der Waals surface area contributed by atoms with Crippen LogP contribution in [0.15, 0.2) is 63.4 Å². The molecule has 0 saturated carbocycles. The number of carbonyl (C=O) groups is 1. The molecule has 2 heterocycles. The molecule has 1 unspecified atom stereocenters. The Bertz CT molecular complexity index is 1200. The highest BCUT2D eigenvalue weighted by atomic mass is 32.2. The number of aromatic nitrogens is 2. The van der Waals surface area contributed by atoms with Gasteiger partial charge in [0.05, 0.1) is 11.6 Å². The molecule has 0 saturated heterocycles. The minimum atomic E-state index is -0.484. The molecule has 2 aromatic rings. The zero-order valence-electron chi connectivity index (χ0n) is 19.2. The molecule has 2 aliphatic rings. The van der Waals surface area contributed by atoms with Gasteiger partial charge in [-0.25, -0.2) is 0 Å². The Labute approximate surface area is 202 Å². The van der Waals surface area contributed by atoms with Gasteiger partial charge in [0.25, 0.3) is 0 Å². The van der Waals surface area contributed by atoms with Crippen LogP contribution < -0.4 is 10.6 Å². The maximum atomic E-state index is 13.4. The van der Waals surface area contributed by atoms with Crippen LogP contribution in [0.2, 0.25) is 0 Å². The average Bonchev–Trinajstić information content (AvgIpc) is 3.18. The minimum absolute atomic E-state index is 0.0514. The van der Waals surface area contributed by atoms with Gasteiger partial charge in [0.15, 0.2) is 10.1 Å². The third-order valence-electron chi connectivity index (χ3n) is 5.63. The van der Waals surface area contributed by atoms with Crippen LogP contribution in [0.25, 0.3) is 6.08 Å². The van der Waals surface area contributed by atoms with E-state index in [2.05, 4.69) is 44.0 Å². The number of rotatable bonds is 5. The van der Waals surface area contributed by atoms with E-state index in [0.29, 0.717) is 40.2 Å². The van der Waals surface area contributed by atoms with Crippen molar-refractivity contribution in [3.63, 3.8) is 0 Å². The third kappa shape index (κ3) is 4.75. The molecule has 0 radical (unpaired) electrons. The van der Waals surface area contributed by atoms with Gasteiger partial charge in [-0.15, -0.1) is 10.2 Å². The van der Waals surface area contributed by atoms with Gasteiger partial charge in [-0.2, -0.15) is 5.26 Å². The van der Waals surface area contributed by atoms with E-state index in [1.54, 1.807) is 16.7 Å². The number of ketones is 1. The first kappa shape index (κ1) is 23.3. The lowest BCUT2D eigenvalue weighted by atomic mass is 9.70. The Kier molecular flexibility index (Phi) is 6.46. The average molecular weight is 478 g/mol. The summed E-state index contributed by atoms with van der Waals surface area (Å²) in [6.45, 7) is 8.37. The predicted octanol–water partition coefficient (Wildman–Crippen LogP) is 5.53. The number of nitrogens with zero attached hydrogens (tertiary/aromatic N) is 4. The van der Waals surface area contributed by atoms with Crippen molar-refractivity contribution in [2.75, 3.05) is 4.90 Å². The topological polar surface area (TPSA) is 95.9 Å². The van der Waals surface area contributed by atoms with Crippen molar-refractivity contribution >= 4 is 40.1 Å². The minimum Gasteiger partial charge on any atom is -0.384 e. The highest BCUT2D eigenvalue weighted by Crippen LogP contribution is 2.48. The van der Waals surface area contributed by atoms with Crippen molar-refractivity contribution in [1.82, 2.24) is 10.2 Å². The molecule has 1 atom stereocenters. The lowest BCUT2D eigenvalue weighted by molar-refractivity contribution is -0.118. The lowest BCUT2D eigenvalue weighted by Crippen LogP contribution is -2.42. The van der Waals surface area contributed by atoms with E-state index in [-0.39, 0.29) is 11.2 Å². The normalized spacial score (nSPS) is 20.5. The van der Waals surface area contributed by atoms with Gasteiger partial charge in [0, 0.05) is 28.9 Å². The fraction of sp³-hybridized carbons (Fsp3) is 0.360. The van der Waals surface area contributed by atoms with Gasteiger partial charge >= 0.3 is 0 Å². The van der Waals surface area contributed by atoms with E-state index in [1.165, 1.54) is 11.3 Å². The Morgan fingerprint density at radius 2 is 2.00 bits per heavy atom. The first-order valence-corrected chi connectivity index (χ1v) is 12.6. The first-order valence-electron chi connectivity index (χ1n) is 10.9. The molecular weight excluding hydrogens is 450 g/mol. The largest absolute Gasteiger partial charge is 0.384 e. The van der Waals surface area contributed by atoms with Crippen LogP contribution in [-0.4, -0.2) is 21.2 Å². The quantitative estimate of drug-likeness (QED) is 0.566. The molecule has 0 spiro atoms.